The molecule has 3 saturated heterocycles. The van der Waals surface area contributed by atoms with E-state index in [0.29, 0.717) is 0 Å². The first-order chi connectivity index (χ1) is 15.6. The van der Waals surface area contributed by atoms with Gasteiger partial charge < -0.3 is 14.0 Å². The Morgan fingerprint density at radius 3 is 1.00 bits per heavy atom. The first-order valence-electron chi connectivity index (χ1n) is 11.6. The minimum absolute atomic E-state index is 0.752. The van der Waals surface area contributed by atoms with E-state index in [9.17, 15) is 0 Å². The maximum atomic E-state index is 2.67. The lowest BCUT2D eigenvalue weighted by atomic mass is 10.2. The van der Waals surface area contributed by atoms with Crippen LogP contribution in [0.3, 0.4) is 0 Å². The van der Waals surface area contributed by atoms with E-state index >= 15 is 0 Å². The molecule has 3 aliphatic heterocycles. The molecular formula is C27H33N4P. The molecule has 3 fully saturated rings. The smallest absolute Gasteiger partial charge is 0.208 e. The van der Waals surface area contributed by atoms with Gasteiger partial charge >= 0.3 is 0 Å². The number of benzene rings is 3. The molecule has 3 heterocycles. The Labute approximate surface area is 194 Å². The van der Waals surface area contributed by atoms with E-state index in [-0.39, 0.29) is 0 Å². The molecule has 0 atom stereocenters. The molecule has 6 rings (SSSR count). The zero-order valence-corrected chi connectivity index (χ0v) is 20.3. The van der Waals surface area contributed by atoms with Gasteiger partial charge in [0.2, 0.25) is 8.37 Å². The Morgan fingerprint density at radius 1 is 0.438 bits per heavy atom. The molecule has 3 aliphatic rings. The van der Waals surface area contributed by atoms with Gasteiger partial charge in [0.15, 0.2) is 0 Å². The van der Waals surface area contributed by atoms with Crippen molar-refractivity contribution in [2.75, 3.05) is 53.3 Å². The Kier molecular flexibility index (Phi) is 6.08. The van der Waals surface area contributed by atoms with Crippen LogP contribution in [0.5, 0.6) is 0 Å². The second kappa shape index (κ2) is 9.13. The van der Waals surface area contributed by atoms with Gasteiger partial charge in [-0.25, -0.2) is 0 Å². The highest BCUT2D eigenvalue weighted by Crippen LogP contribution is 2.55. The van der Waals surface area contributed by atoms with Gasteiger partial charge in [0.05, 0.1) is 0 Å². The fourth-order valence-electron chi connectivity index (χ4n) is 4.55. The number of aryl methyl sites for hydroxylation is 3. The lowest BCUT2D eigenvalue weighted by Gasteiger charge is -2.52. The molecule has 0 spiro atoms. The molecule has 166 valence electrons. The van der Waals surface area contributed by atoms with Crippen molar-refractivity contribution in [3.8, 4) is 0 Å². The topological polar surface area (TPSA) is 13.0 Å². The molecule has 0 aliphatic carbocycles. The highest BCUT2D eigenvalue weighted by molar-refractivity contribution is 7.62. The fourth-order valence-corrected chi connectivity index (χ4v) is 7.16. The second-order valence-electron chi connectivity index (χ2n) is 8.99. The number of hydrogen-bond donors (Lipinski definition) is 0. The van der Waals surface area contributed by atoms with Crippen LogP contribution in [-0.2, 0) is 0 Å². The summed E-state index contributed by atoms with van der Waals surface area (Å²) in [5, 5.41) is 0. The SMILES string of the molecule is Cc1ccc(N2CCN3CCN(c4ccc(C)cc4)P2N(c2ccc(C)cc2)CC3)cc1. The third-order valence-electron chi connectivity index (χ3n) is 6.53. The van der Waals surface area contributed by atoms with Gasteiger partial charge in [0.1, 0.15) is 0 Å². The molecule has 32 heavy (non-hydrogen) atoms. The van der Waals surface area contributed by atoms with Crippen LogP contribution in [0, 0.1) is 20.8 Å². The molecule has 4 nitrogen and oxygen atoms in total. The van der Waals surface area contributed by atoms with Gasteiger partial charge in [-0.05, 0) is 57.2 Å². The summed E-state index contributed by atoms with van der Waals surface area (Å²) in [6.07, 6.45) is 0. The first-order valence-corrected chi connectivity index (χ1v) is 12.8. The largest absolute Gasteiger partial charge is 0.315 e. The summed E-state index contributed by atoms with van der Waals surface area (Å²) in [5.74, 6) is 0. The van der Waals surface area contributed by atoms with Crippen LogP contribution < -0.4 is 14.0 Å². The molecule has 3 aromatic carbocycles. The normalized spacial score (nSPS) is 21.3. The number of hydrogen-bond acceptors (Lipinski definition) is 4. The Morgan fingerprint density at radius 2 is 0.719 bits per heavy atom. The minimum Gasteiger partial charge on any atom is -0.315 e. The van der Waals surface area contributed by atoms with E-state index in [1.165, 1.54) is 33.8 Å². The van der Waals surface area contributed by atoms with Gasteiger partial charge in [-0.2, -0.15) is 0 Å². The Balaban J connectivity index is 1.64. The first kappa shape index (κ1) is 21.3. The summed E-state index contributed by atoms with van der Waals surface area (Å²) in [7, 11) is -0.752. The van der Waals surface area contributed by atoms with Crippen LogP contribution in [0.15, 0.2) is 72.8 Å². The monoisotopic (exact) mass is 444 g/mol. The van der Waals surface area contributed by atoms with Gasteiger partial charge in [-0.3, -0.25) is 4.90 Å². The zero-order valence-electron chi connectivity index (χ0n) is 19.4. The van der Waals surface area contributed by atoms with Crippen molar-refractivity contribution in [3.63, 3.8) is 0 Å². The lowest BCUT2D eigenvalue weighted by Crippen LogP contribution is -2.52. The minimum atomic E-state index is -0.752. The van der Waals surface area contributed by atoms with Crippen LogP contribution in [0.4, 0.5) is 17.1 Å². The molecule has 0 N–H and O–H groups in total. The van der Waals surface area contributed by atoms with Crippen molar-refractivity contribution in [2.24, 2.45) is 0 Å². The average Bonchev–Trinajstić information content (AvgIpc) is 2.76. The number of fused-ring (bicyclic) bond motifs is 6. The van der Waals surface area contributed by atoms with E-state index < -0.39 is 8.37 Å². The third-order valence-corrected chi connectivity index (χ3v) is 9.12. The van der Waals surface area contributed by atoms with Crippen LogP contribution in [0.2, 0.25) is 0 Å². The van der Waals surface area contributed by atoms with Crippen molar-refractivity contribution < 1.29 is 0 Å². The highest BCUT2D eigenvalue weighted by atomic mass is 31.2. The fraction of sp³-hybridized carbons (Fsp3) is 0.333. The van der Waals surface area contributed by atoms with Crippen LogP contribution in [0.1, 0.15) is 16.7 Å². The van der Waals surface area contributed by atoms with Crippen molar-refractivity contribution in [3.05, 3.63) is 89.5 Å². The quantitative estimate of drug-likeness (QED) is 0.460. The number of anilines is 3. The van der Waals surface area contributed by atoms with Crippen molar-refractivity contribution in [1.82, 2.24) is 4.90 Å². The molecule has 0 amide bonds. The standard InChI is InChI=1S/C27H33N4P/c1-22-4-10-25(11-5-22)29-19-16-28-17-20-30(26-12-6-23(2)7-13-26)32(29)31(21-18-28)27-14-8-24(3)9-15-27/h4-15H,16-21H2,1-3H3. The van der Waals surface area contributed by atoms with Crippen molar-refractivity contribution >= 4 is 25.4 Å². The van der Waals surface area contributed by atoms with Gasteiger partial charge in [-0.15, -0.1) is 0 Å². The van der Waals surface area contributed by atoms with E-state index in [1.807, 2.05) is 0 Å². The summed E-state index contributed by atoms with van der Waals surface area (Å²) in [6.45, 7) is 13.0. The summed E-state index contributed by atoms with van der Waals surface area (Å²) in [6, 6.07) is 27.3. The molecule has 0 aromatic heterocycles. The molecular weight excluding hydrogens is 411 g/mol. The summed E-state index contributed by atoms with van der Waals surface area (Å²) in [4.78, 5) is 2.63. The molecule has 0 saturated carbocycles. The number of rotatable bonds is 3. The van der Waals surface area contributed by atoms with E-state index in [4.69, 9.17) is 0 Å². The molecule has 3 aromatic rings. The molecule has 0 radical (unpaired) electrons. The van der Waals surface area contributed by atoms with Gasteiger partial charge in [0.25, 0.3) is 0 Å². The summed E-state index contributed by atoms with van der Waals surface area (Å²) in [5.41, 5.74) is 7.89. The predicted octanol–water partition coefficient (Wildman–Crippen LogP) is 5.99. The molecule has 0 unspecified atom stereocenters. The summed E-state index contributed by atoms with van der Waals surface area (Å²) < 4.78 is 8.00. The van der Waals surface area contributed by atoms with Crippen molar-refractivity contribution in [1.29, 1.82) is 0 Å². The van der Waals surface area contributed by atoms with E-state index in [2.05, 4.69) is 112 Å². The van der Waals surface area contributed by atoms with Crippen LogP contribution in [-0.4, -0.2) is 44.2 Å². The van der Waals surface area contributed by atoms with E-state index in [0.717, 1.165) is 39.3 Å². The van der Waals surface area contributed by atoms with Gasteiger partial charge in [0, 0.05) is 56.3 Å². The van der Waals surface area contributed by atoms with E-state index in [1.54, 1.807) is 0 Å². The maximum Gasteiger partial charge on any atom is 0.208 e. The highest BCUT2D eigenvalue weighted by Gasteiger charge is 2.37. The Bertz CT molecular complexity index is 896. The lowest BCUT2D eigenvalue weighted by molar-refractivity contribution is 0.291. The molecule has 5 heteroatoms. The maximum absolute atomic E-state index is 2.67. The summed E-state index contributed by atoms with van der Waals surface area (Å²) >= 11 is 0. The van der Waals surface area contributed by atoms with Crippen LogP contribution in [0.25, 0.3) is 0 Å². The third kappa shape index (κ3) is 4.35. The molecule has 2 bridgehead atoms. The predicted molar refractivity (Wildman–Crippen MR) is 139 cm³/mol. The average molecular weight is 445 g/mol. The van der Waals surface area contributed by atoms with Gasteiger partial charge in [-0.1, -0.05) is 53.1 Å². The zero-order chi connectivity index (χ0) is 22.1. The number of nitrogens with zero attached hydrogens (tertiary/aromatic N) is 4. The van der Waals surface area contributed by atoms with Crippen LogP contribution >= 0.6 is 8.37 Å². The Hall–Kier alpha value is -2.55. The van der Waals surface area contributed by atoms with Crippen molar-refractivity contribution in [2.45, 2.75) is 20.8 Å². The second-order valence-corrected chi connectivity index (χ2v) is 11.0.